The molecule has 4 heterocycles. The average molecular weight is 845 g/mol. The van der Waals surface area contributed by atoms with E-state index in [-0.39, 0.29) is 49.8 Å². The lowest BCUT2D eigenvalue weighted by molar-refractivity contribution is -0.155. The zero-order chi connectivity index (χ0) is 44.7. The van der Waals surface area contributed by atoms with Gasteiger partial charge in [-0.15, -0.1) is 0 Å². The molecule has 0 unspecified atom stereocenters. The Bertz CT molecular complexity index is 2340. The number of likely N-dealkylation sites (N-methyl/N-ethyl adjacent to an activating group) is 1. The summed E-state index contributed by atoms with van der Waals surface area (Å²) in [7, 11) is 1.61. The SMILES string of the molecule is CCc1ccncc1-c1c2c3cc(ccc3n1CC)-c1cccc(c1)C[C@H](NC(=O)[C@H](C(C)C)N(C)C(=O)CCN=C=NC(C)C)C(=O)N1CCC[C@H](N1)C(=O)OCC(C)(C)C2. The van der Waals surface area contributed by atoms with Crippen molar-refractivity contribution in [1.82, 2.24) is 30.2 Å². The van der Waals surface area contributed by atoms with Crippen molar-refractivity contribution in [2.24, 2.45) is 21.3 Å². The van der Waals surface area contributed by atoms with E-state index < -0.39 is 35.4 Å². The maximum Gasteiger partial charge on any atom is 0.324 e. The van der Waals surface area contributed by atoms with Crippen molar-refractivity contribution in [3.8, 4) is 22.4 Å². The van der Waals surface area contributed by atoms with Crippen molar-refractivity contribution in [1.29, 1.82) is 0 Å². The van der Waals surface area contributed by atoms with Crippen LogP contribution in [0.2, 0.25) is 0 Å². The van der Waals surface area contributed by atoms with Gasteiger partial charge in [-0.3, -0.25) is 29.2 Å². The number of rotatable bonds is 11. The number of hydrazine groups is 1. The summed E-state index contributed by atoms with van der Waals surface area (Å²) in [6.45, 7) is 17.6. The van der Waals surface area contributed by atoms with Gasteiger partial charge in [-0.25, -0.2) is 15.4 Å². The Balaban J connectivity index is 1.41. The van der Waals surface area contributed by atoms with Crippen LogP contribution >= 0.6 is 0 Å². The van der Waals surface area contributed by atoms with Crippen LogP contribution in [0.3, 0.4) is 0 Å². The second kappa shape index (κ2) is 20.0. The number of cyclic esters (lactones) is 1. The summed E-state index contributed by atoms with van der Waals surface area (Å²) in [6, 6.07) is 16.8. The number of carbonyl (C=O) groups is 4. The number of esters is 1. The molecule has 2 aliphatic rings. The molecule has 0 spiro atoms. The molecule has 3 atom stereocenters. The van der Waals surface area contributed by atoms with Crippen LogP contribution in [0, 0.1) is 11.3 Å². The van der Waals surface area contributed by atoms with Gasteiger partial charge in [0.05, 0.1) is 30.9 Å². The van der Waals surface area contributed by atoms with Gasteiger partial charge in [-0.1, -0.05) is 65.0 Å². The summed E-state index contributed by atoms with van der Waals surface area (Å²) in [4.78, 5) is 70.3. The van der Waals surface area contributed by atoms with Crippen LogP contribution in [0.15, 0.2) is 70.9 Å². The van der Waals surface area contributed by atoms with Gasteiger partial charge in [0.1, 0.15) is 18.1 Å². The number of aliphatic imine (C=N–C) groups is 2. The van der Waals surface area contributed by atoms with Gasteiger partial charge in [0.25, 0.3) is 5.91 Å². The number of aromatic nitrogens is 2. The number of amides is 3. The lowest BCUT2D eigenvalue weighted by atomic mass is 9.84. The van der Waals surface area contributed by atoms with Crippen molar-refractivity contribution >= 4 is 40.6 Å². The third kappa shape index (κ3) is 10.5. The Morgan fingerprint density at radius 2 is 1.85 bits per heavy atom. The van der Waals surface area contributed by atoms with Crippen LogP contribution in [0.4, 0.5) is 0 Å². The van der Waals surface area contributed by atoms with Crippen molar-refractivity contribution in [3.63, 3.8) is 0 Å². The molecule has 330 valence electrons. The molecule has 2 aromatic heterocycles. The van der Waals surface area contributed by atoms with Gasteiger partial charge in [-0.2, -0.15) is 0 Å². The highest BCUT2D eigenvalue weighted by Crippen LogP contribution is 2.41. The lowest BCUT2D eigenvalue weighted by Crippen LogP contribution is -2.62. The van der Waals surface area contributed by atoms with E-state index >= 15 is 0 Å². The molecule has 2 aliphatic heterocycles. The molecule has 6 bridgehead atoms. The number of nitrogens with zero attached hydrogens (tertiary/aromatic N) is 6. The van der Waals surface area contributed by atoms with Crippen LogP contribution in [-0.4, -0.2) is 100 Å². The first-order valence-corrected chi connectivity index (χ1v) is 22.2. The Labute approximate surface area is 366 Å². The highest BCUT2D eigenvalue weighted by Gasteiger charge is 2.37. The number of hydrogen-bond donors (Lipinski definition) is 2. The first-order chi connectivity index (χ1) is 29.6. The lowest BCUT2D eigenvalue weighted by Gasteiger charge is -2.36. The number of pyridine rings is 1. The third-order valence-electron chi connectivity index (χ3n) is 11.9. The zero-order valence-electron chi connectivity index (χ0n) is 38.0. The Kier molecular flexibility index (Phi) is 14.8. The predicted molar refractivity (Wildman–Crippen MR) is 243 cm³/mol. The fourth-order valence-corrected chi connectivity index (χ4v) is 8.75. The molecule has 62 heavy (non-hydrogen) atoms. The van der Waals surface area contributed by atoms with E-state index in [4.69, 9.17) is 4.74 Å². The Morgan fingerprint density at radius 1 is 1.08 bits per heavy atom. The minimum Gasteiger partial charge on any atom is -0.464 e. The maximum atomic E-state index is 14.6. The van der Waals surface area contributed by atoms with Crippen LogP contribution < -0.4 is 10.7 Å². The molecule has 13 heteroatoms. The normalized spacial score (nSPS) is 18.5. The fraction of sp³-hybridized carbons (Fsp3) is 0.510. The number of hydrogen-bond acceptors (Lipinski definition) is 9. The van der Waals surface area contributed by atoms with Crippen molar-refractivity contribution in [2.45, 2.75) is 125 Å². The second-order valence-corrected chi connectivity index (χ2v) is 18.1. The summed E-state index contributed by atoms with van der Waals surface area (Å²) in [5.41, 5.74) is 11.3. The molecule has 1 fully saturated rings. The summed E-state index contributed by atoms with van der Waals surface area (Å²) in [5, 5.41) is 5.62. The topological polar surface area (TPSA) is 151 Å². The van der Waals surface area contributed by atoms with Crippen molar-refractivity contribution in [2.75, 3.05) is 26.7 Å². The highest BCUT2D eigenvalue weighted by molar-refractivity contribution is 5.96. The van der Waals surface area contributed by atoms with E-state index in [0.717, 1.165) is 51.8 Å². The van der Waals surface area contributed by atoms with E-state index in [1.807, 2.05) is 52.2 Å². The van der Waals surface area contributed by atoms with Gasteiger partial charge in [-0.05, 0) is 98.4 Å². The first-order valence-electron chi connectivity index (χ1n) is 22.2. The quantitative estimate of drug-likeness (QED) is 0.121. The summed E-state index contributed by atoms with van der Waals surface area (Å²) >= 11 is 0. The van der Waals surface area contributed by atoms with E-state index in [1.54, 1.807) is 7.05 Å². The molecule has 6 rings (SSSR count). The van der Waals surface area contributed by atoms with Crippen molar-refractivity contribution < 1.29 is 23.9 Å². The molecule has 3 amide bonds. The molecule has 4 aromatic rings. The highest BCUT2D eigenvalue weighted by atomic mass is 16.5. The summed E-state index contributed by atoms with van der Waals surface area (Å²) < 4.78 is 8.47. The number of nitrogens with one attached hydrogen (secondary N) is 2. The van der Waals surface area contributed by atoms with Gasteiger partial charge < -0.3 is 19.5 Å². The number of benzene rings is 2. The zero-order valence-corrected chi connectivity index (χ0v) is 38.0. The third-order valence-corrected chi connectivity index (χ3v) is 11.9. The molecular formula is C49H64N8O5. The monoisotopic (exact) mass is 844 g/mol. The first kappa shape index (κ1) is 45.9. The minimum absolute atomic E-state index is 0.0455. The van der Waals surface area contributed by atoms with Gasteiger partial charge in [0.2, 0.25) is 11.8 Å². The van der Waals surface area contributed by atoms with Gasteiger partial charge >= 0.3 is 5.97 Å². The predicted octanol–water partition coefficient (Wildman–Crippen LogP) is 7.06. The van der Waals surface area contributed by atoms with E-state index in [9.17, 15) is 19.2 Å². The summed E-state index contributed by atoms with van der Waals surface area (Å²) in [5.74, 6) is -1.77. The van der Waals surface area contributed by atoms with Crippen LogP contribution in [-0.2, 0) is 49.7 Å². The molecule has 0 aliphatic carbocycles. The largest absolute Gasteiger partial charge is 0.464 e. The smallest absolute Gasteiger partial charge is 0.324 e. The number of aryl methyl sites for hydroxylation is 2. The van der Waals surface area contributed by atoms with Gasteiger partial charge in [0, 0.05) is 67.3 Å². The molecule has 0 saturated carbocycles. The number of ether oxygens (including phenoxy) is 1. The van der Waals surface area contributed by atoms with Crippen molar-refractivity contribution in [3.05, 3.63) is 77.6 Å². The Hall–Kier alpha value is -5.65. The summed E-state index contributed by atoms with van der Waals surface area (Å²) in [6.07, 6.45) is 6.64. The van der Waals surface area contributed by atoms with E-state index in [1.165, 1.54) is 21.0 Å². The van der Waals surface area contributed by atoms with Crippen LogP contribution in [0.1, 0.15) is 91.3 Å². The number of fused-ring (bicyclic) bond motifs is 6. The number of carbonyl (C=O) groups excluding carboxylic acids is 4. The maximum absolute atomic E-state index is 14.6. The van der Waals surface area contributed by atoms with E-state index in [2.05, 4.69) is 100 Å². The molecule has 1 saturated heterocycles. The molecule has 0 radical (unpaired) electrons. The van der Waals surface area contributed by atoms with Gasteiger partial charge in [0.15, 0.2) is 0 Å². The molecular weight excluding hydrogens is 781 g/mol. The van der Waals surface area contributed by atoms with Crippen LogP contribution in [0.5, 0.6) is 0 Å². The standard InChI is InChI=1S/C49H64N8O5/c1-10-34-19-21-50-28-39(34)45-38-27-49(7,8)29-62-48(61)40-16-13-23-57(54-40)47(60)41(53-46(59)44(31(3)4)55(9)43(58)20-22-51-30-52-32(5)6)25-33-14-12-15-35(24-33)36-17-18-42(37(38)26-36)56(45)11-2/h12,14-15,17-19,21,24,26,28,31-32,40-41,44,54H,10-11,13,16,20,22-23,25,27,29H2,1-9H3,(H,53,59)/t40-,41-,44-/m0/s1. The molecule has 2 aromatic carbocycles. The fourth-order valence-electron chi connectivity index (χ4n) is 8.75. The molecule has 13 nitrogen and oxygen atoms in total. The second-order valence-electron chi connectivity index (χ2n) is 18.1. The Morgan fingerprint density at radius 3 is 2.58 bits per heavy atom. The average Bonchev–Trinajstić information content (AvgIpc) is 3.55. The van der Waals surface area contributed by atoms with Crippen LogP contribution in [0.25, 0.3) is 33.3 Å². The molecule has 2 N–H and O–H groups in total. The minimum atomic E-state index is -1.01. The van der Waals surface area contributed by atoms with E-state index in [0.29, 0.717) is 25.8 Å².